The standard InChI is InChI=1S/C32H46N2O6/c1-5-9-13-33(14-10-6-2)21-17-23(35)27(24(36)18-21)29-31(39)30(32(29)40)28-25(37)19-22(20-26(28)38)34(15-11-7-3)16-12-8-4/h17-21,35-39H,5-16H2,1-4H3. The number of hydrogen-bond donors (Lipinski definition) is 5. The topological polar surface area (TPSA) is 129 Å². The maximum Gasteiger partial charge on any atom is 0.193 e. The SMILES string of the molecule is CCCCN(CCCC)c1cc(O)c(C2=C([O-])C(=C3C(O)=CC([NH+](CCCC)CCCC)C=C3O)C2=O)c(O)c1. The average molecular weight is 555 g/mol. The van der Waals surface area contributed by atoms with Gasteiger partial charge in [0, 0.05) is 54.2 Å². The Morgan fingerprint density at radius 2 is 1.23 bits per heavy atom. The summed E-state index contributed by atoms with van der Waals surface area (Å²) in [4.78, 5) is 16.5. The zero-order valence-electron chi connectivity index (χ0n) is 24.4. The maximum absolute atomic E-state index is 13.2. The molecule has 40 heavy (non-hydrogen) atoms. The number of phenolic OH excluding ortho intramolecular Hbond substituents is 2. The number of rotatable bonds is 15. The number of aromatic hydroxyl groups is 2. The van der Waals surface area contributed by atoms with Gasteiger partial charge in [0.2, 0.25) is 0 Å². The Bertz CT molecular complexity index is 1130. The van der Waals surface area contributed by atoms with Gasteiger partial charge in [0.25, 0.3) is 0 Å². The van der Waals surface area contributed by atoms with Crippen LogP contribution in [0.1, 0.15) is 84.6 Å². The molecule has 0 saturated heterocycles. The second-order valence-corrected chi connectivity index (χ2v) is 10.8. The van der Waals surface area contributed by atoms with E-state index in [4.69, 9.17) is 0 Å². The van der Waals surface area contributed by atoms with E-state index in [2.05, 4.69) is 32.6 Å². The number of carbonyl (C=O) groups is 1. The van der Waals surface area contributed by atoms with Gasteiger partial charge in [0.15, 0.2) is 5.78 Å². The first-order chi connectivity index (χ1) is 19.2. The molecule has 0 bridgehead atoms. The molecule has 0 aliphatic heterocycles. The van der Waals surface area contributed by atoms with Crippen molar-refractivity contribution in [1.29, 1.82) is 0 Å². The van der Waals surface area contributed by atoms with Crippen LogP contribution in [0, 0.1) is 0 Å². The number of aliphatic hydroxyl groups is 2. The number of anilines is 1. The predicted octanol–water partition coefficient (Wildman–Crippen LogP) is 4.21. The first-order valence-corrected chi connectivity index (χ1v) is 14.9. The number of nitrogens with zero attached hydrogens (tertiary/aromatic N) is 1. The third-order valence-corrected chi connectivity index (χ3v) is 7.78. The Hall–Kier alpha value is -3.39. The number of nitrogens with one attached hydrogen (secondary N) is 1. The summed E-state index contributed by atoms with van der Waals surface area (Å²) in [5, 5.41) is 56.6. The van der Waals surface area contributed by atoms with E-state index in [9.17, 15) is 30.3 Å². The van der Waals surface area contributed by atoms with Crippen molar-refractivity contribution in [3.63, 3.8) is 0 Å². The first kappa shape index (κ1) is 31.1. The lowest BCUT2D eigenvalue weighted by Gasteiger charge is -2.35. The first-order valence-electron chi connectivity index (χ1n) is 14.9. The number of allylic oxidation sites excluding steroid dienone is 2. The Morgan fingerprint density at radius 3 is 1.65 bits per heavy atom. The molecule has 2 aliphatic carbocycles. The lowest BCUT2D eigenvalue weighted by Crippen LogP contribution is -3.15. The summed E-state index contributed by atoms with van der Waals surface area (Å²) in [5.74, 6) is -2.79. The summed E-state index contributed by atoms with van der Waals surface area (Å²) < 4.78 is 0. The van der Waals surface area contributed by atoms with Crippen LogP contribution in [-0.4, -0.2) is 58.4 Å². The van der Waals surface area contributed by atoms with Gasteiger partial charge in [-0.1, -0.05) is 59.1 Å². The molecule has 0 saturated carbocycles. The monoisotopic (exact) mass is 554 g/mol. The fraction of sp³-hybridized carbons (Fsp3) is 0.531. The summed E-state index contributed by atoms with van der Waals surface area (Å²) in [6.45, 7) is 11.7. The lowest BCUT2D eigenvalue weighted by molar-refractivity contribution is -0.912. The number of Topliss-reactive ketones (excluding diaryl/α,β-unsaturated/α-hetero) is 1. The second kappa shape index (κ2) is 14.3. The summed E-state index contributed by atoms with van der Waals surface area (Å²) in [6.07, 6.45) is 11.1. The number of quaternary nitrogens is 1. The Morgan fingerprint density at radius 1 is 0.750 bits per heavy atom. The molecule has 1 aromatic carbocycles. The van der Waals surface area contributed by atoms with Crippen LogP contribution in [0.25, 0.3) is 5.57 Å². The van der Waals surface area contributed by atoms with Gasteiger partial charge in [-0.25, -0.2) is 0 Å². The van der Waals surface area contributed by atoms with Crippen molar-refractivity contribution in [3.05, 3.63) is 58.3 Å². The van der Waals surface area contributed by atoms with Gasteiger partial charge in [-0.15, -0.1) is 0 Å². The zero-order valence-corrected chi connectivity index (χ0v) is 24.4. The molecule has 0 heterocycles. The molecule has 0 atom stereocenters. The number of ketones is 1. The fourth-order valence-electron chi connectivity index (χ4n) is 5.40. The minimum Gasteiger partial charge on any atom is -0.871 e. The highest BCUT2D eigenvalue weighted by Crippen LogP contribution is 2.47. The van der Waals surface area contributed by atoms with E-state index in [0.717, 1.165) is 77.5 Å². The Labute approximate surface area is 238 Å². The van der Waals surface area contributed by atoms with Crippen LogP contribution in [0.4, 0.5) is 5.69 Å². The van der Waals surface area contributed by atoms with Crippen LogP contribution in [0.3, 0.4) is 0 Å². The number of benzene rings is 1. The van der Waals surface area contributed by atoms with Crippen molar-refractivity contribution in [3.8, 4) is 11.5 Å². The zero-order chi connectivity index (χ0) is 29.4. The number of aliphatic hydroxyl groups excluding tert-OH is 2. The summed E-state index contributed by atoms with van der Waals surface area (Å²) in [5.41, 5.74) is -0.476. The van der Waals surface area contributed by atoms with E-state index in [-0.39, 0.29) is 51.3 Å². The highest BCUT2D eigenvalue weighted by Gasteiger charge is 2.38. The third kappa shape index (κ3) is 6.66. The molecular weight excluding hydrogens is 508 g/mol. The number of phenols is 2. The smallest absolute Gasteiger partial charge is 0.193 e. The highest BCUT2D eigenvalue weighted by atomic mass is 16.3. The van der Waals surface area contributed by atoms with Crippen molar-refractivity contribution in [1.82, 2.24) is 0 Å². The minimum absolute atomic E-state index is 0.193. The lowest BCUT2D eigenvalue weighted by atomic mass is 9.78. The van der Waals surface area contributed by atoms with Gasteiger partial charge >= 0.3 is 0 Å². The molecule has 3 rings (SSSR count). The largest absolute Gasteiger partial charge is 0.871 e. The summed E-state index contributed by atoms with van der Waals surface area (Å²) in [7, 11) is 0. The van der Waals surface area contributed by atoms with Crippen LogP contribution >= 0.6 is 0 Å². The molecule has 0 unspecified atom stereocenters. The van der Waals surface area contributed by atoms with E-state index >= 15 is 0 Å². The molecule has 0 amide bonds. The quantitative estimate of drug-likeness (QED) is 0.206. The van der Waals surface area contributed by atoms with E-state index in [0.29, 0.717) is 5.69 Å². The second-order valence-electron chi connectivity index (χ2n) is 10.8. The van der Waals surface area contributed by atoms with E-state index in [1.54, 1.807) is 12.2 Å². The summed E-state index contributed by atoms with van der Waals surface area (Å²) >= 11 is 0. The fourth-order valence-corrected chi connectivity index (χ4v) is 5.40. The molecule has 8 nitrogen and oxygen atoms in total. The van der Waals surface area contributed by atoms with Crippen LogP contribution in [0.2, 0.25) is 0 Å². The van der Waals surface area contributed by atoms with Gasteiger partial charge in [-0.3, -0.25) is 4.79 Å². The summed E-state index contributed by atoms with van der Waals surface area (Å²) in [6, 6.07) is 2.67. The van der Waals surface area contributed by atoms with E-state index in [1.165, 1.54) is 17.0 Å². The van der Waals surface area contributed by atoms with Crippen LogP contribution in [0.15, 0.2) is 52.7 Å². The van der Waals surface area contributed by atoms with Crippen LogP contribution < -0.4 is 14.9 Å². The predicted molar refractivity (Wildman–Crippen MR) is 156 cm³/mol. The van der Waals surface area contributed by atoms with Crippen LogP contribution in [0.5, 0.6) is 11.5 Å². The average Bonchev–Trinajstić information content (AvgIpc) is 2.92. The molecule has 1 aromatic rings. The minimum atomic E-state index is -0.730. The number of unbranched alkanes of at least 4 members (excludes halogenated alkanes) is 4. The highest BCUT2D eigenvalue weighted by molar-refractivity contribution is 6.40. The van der Waals surface area contributed by atoms with Crippen LogP contribution in [-0.2, 0) is 4.79 Å². The molecule has 0 fully saturated rings. The van der Waals surface area contributed by atoms with Crippen molar-refractivity contribution in [2.24, 2.45) is 0 Å². The van der Waals surface area contributed by atoms with Crippen molar-refractivity contribution >= 4 is 17.0 Å². The van der Waals surface area contributed by atoms with Crippen molar-refractivity contribution in [2.75, 3.05) is 31.1 Å². The molecular formula is C32H46N2O6. The number of hydrogen-bond acceptors (Lipinski definition) is 7. The van der Waals surface area contributed by atoms with Gasteiger partial charge in [0.1, 0.15) is 29.1 Å². The van der Waals surface area contributed by atoms with Gasteiger partial charge in [-0.05, 0) is 25.7 Å². The Balaban J connectivity index is 1.96. The molecule has 8 heteroatoms. The molecule has 0 spiro atoms. The van der Waals surface area contributed by atoms with Gasteiger partial charge in [0.05, 0.1) is 24.2 Å². The maximum atomic E-state index is 13.2. The number of carbonyl (C=O) groups excluding carboxylic acids is 1. The van der Waals surface area contributed by atoms with Gasteiger partial charge in [-0.2, -0.15) is 0 Å². The molecule has 0 radical (unpaired) electrons. The molecule has 220 valence electrons. The van der Waals surface area contributed by atoms with E-state index < -0.39 is 11.5 Å². The van der Waals surface area contributed by atoms with Crippen molar-refractivity contribution in [2.45, 2.75) is 85.1 Å². The Kier molecular flexibility index (Phi) is 11.1. The van der Waals surface area contributed by atoms with Crippen molar-refractivity contribution < 1.29 is 35.2 Å². The van der Waals surface area contributed by atoms with E-state index in [1.807, 2.05) is 0 Å². The molecule has 5 N–H and O–H groups in total. The third-order valence-electron chi connectivity index (χ3n) is 7.78. The molecule has 0 aromatic heterocycles. The molecule has 2 aliphatic rings. The van der Waals surface area contributed by atoms with Gasteiger partial charge < -0.3 is 35.3 Å². The normalized spacial score (nSPS) is 17.3.